The number of imidazole rings is 1. The lowest BCUT2D eigenvalue weighted by Gasteiger charge is -2.28. The molecule has 2 heterocycles. The largest absolute Gasteiger partial charge is 0.381 e. The van der Waals surface area contributed by atoms with Crippen molar-refractivity contribution in [3.05, 3.63) is 78.4 Å². The fourth-order valence-corrected chi connectivity index (χ4v) is 5.48. The van der Waals surface area contributed by atoms with Gasteiger partial charge < -0.3 is 15.8 Å². The average Bonchev–Trinajstić information content (AvgIpc) is 3.60. The third-order valence-electron chi connectivity index (χ3n) is 7.57. The van der Waals surface area contributed by atoms with E-state index in [1.807, 2.05) is 66.5 Å². The predicted molar refractivity (Wildman–Crippen MR) is 154 cm³/mol. The van der Waals surface area contributed by atoms with Crippen molar-refractivity contribution in [2.24, 2.45) is 12.8 Å². The van der Waals surface area contributed by atoms with Gasteiger partial charge in [-0.2, -0.15) is 5.10 Å². The van der Waals surface area contributed by atoms with Gasteiger partial charge in [0.2, 0.25) is 11.8 Å². The van der Waals surface area contributed by atoms with E-state index in [1.165, 1.54) is 0 Å². The molecular weight excluding hydrogens is 504 g/mol. The van der Waals surface area contributed by atoms with Crippen LogP contribution in [-0.2, 0) is 23.0 Å². The highest BCUT2D eigenvalue weighted by atomic mass is 16.5. The molecule has 1 saturated carbocycles. The third-order valence-corrected chi connectivity index (χ3v) is 7.57. The Morgan fingerprint density at radius 3 is 2.50 bits per heavy atom. The number of carbonyl (C=O) groups excluding carboxylic acids is 2. The highest BCUT2D eigenvalue weighted by molar-refractivity contribution is 6.03. The van der Waals surface area contributed by atoms with E-state index in [1.54, 1.807) is 24.1 Å². The second-order valence-corrected chi connectivity index (χ2v) is 10.4. The lowest BCUT2D eigenvalue weighted by molar-refractivity contribution is -0.122. The number of amides is 2. The topological polar surface area (TPSA) is 117 Å². The van der Waals surface area contributed by atoms with Crippen LogP contribution in [0.5, 0.6) is 0 Å². The molecule has 4 aromatic rings. The van der Waals surface area contributed by atoms with Crippen molar-refractivity contribution in [1.82, 2.24) is 24.6 Å². The Morgan fingerprint density at radius 1 is 1.05 bits per heavy atom. The molecule has 0 spiro atoms. The molecule has 208 valence electrons. The number of hydrogen-bond acceptors (Lipinski definition) is 5. The van der Waals surface area contributed by atoms with Gasteiger partial charge in [-0.3, -0.25) is 18.8 Å². The fraction of sp³-hybridized carbons (Fsp3) is 0.355. The molecular formula is C31H36N6O3. The van der Waals surface area contributed by atoms with Crippen LogP contribution in [0.2, 0.25) is 0 Å². The average molecular weight is 541 g/mol. The zero-order chi connectivity index (χ0) is 28.1. The molecule has 9 nitrogen and oxygen atoms in total. The van der Waals surface area contributed by atoms with E-state index in [4.69, 9.17) is 15.5 Å². The van der Waals surface area contributed by atoms with Crippen molar-refractivity contribution >= 4 is 11.8 Å². The number of aromatic nitrogens is 4. The second kappa shape index (κ2) is 12.3. The monoisotopic (exact) mass is 540 g/mol. The van der Waals surface area contributed by atoms with Crippen LogP contribution >= 0.6 is 0 Å². The van der Waals surface area contributed by atoms with Gasteiger partial charge >= 0.3 is 0 Å². The van der Waals surface area contributed by atoms with Crippen molar-refractivity contribution in [3.8, 4) is 28.2 Å². The summed E-state index contributed by atoms with van der Waals surface area (Å²) in [6, 6.07) is 15.6. The summed E-state index contributed by atoms with van der Waals surface area (Å²) in [6.07, 6.45) is 11.5. The Kier molecular flexibility index (Phi) is 8.40. The standard InChI is InChI=1S/C31H36N6O3/c1-36-19-21(18-33-36)26-11-7-12-27(30(32)39)29(26)31-35-23(20-37(31)24-9-4-3-5-10-24)8-6-13-28(38)34-22-14-16-25(40-2)17-15-22/h3-5,7,9-12,18-20,22,25H,6,8,13-17H2,1-2H3,(H2,32,39)(H,34,38). The number of primary amides is 1. The molecule has 0 aliphatic heterocycles. The van der Waals surface area contributed by atoms with E-state index < -0.39 is 5.91 Å². The van der Waals surface area contributed by atoms with Gasteiger partial charge in [0.25, 0.3) is 0 Å². The molecule has 2 aromatic carbocycles. The highest BCUT2D eigenvalue weighted by Crippen LogP contribution is 2.36. The van der Waals surface area contributed by atoms with Crippen molar-refractivity contribution in [2.45, 2.75) is 57.1 Å². The highest BCUT2D eigenvalue weighted by Gasteiger charge is 2.24. The maximum atomic E-state index is 12.7. The minimum absolute atomic E-state index is 0.0709. The number of rotatable bonds is 10. The SMILES string of the molecule is COC1CCC(NC(=O)CCCc2cn(-c3ccccc3)c(-c3c(C(N)=O)cccc3-c3cnn(C)c3)n2)CC1. The lowest BCUT2D eigenvalue weighted by Crippen LogP contribution is -2.38. The van der Waals surface area contributed by atoms with Gasteiger partial charge in [-0.15, -0.1) is 0 Å². The number of para-hydroxylation sites is 1. The molecule has 0 radical (unpaired) electrons. The molecule has 0 unspecified atom stereocenters. The lowest BCUT2D eigenvalue weighted by atomic mass is 9.93. The molecule has 2 aromatic heterocycles. The van der Waals surface area contributed by atoms with Gasteiger partial charge in [-0.1, -0.05) is 30.3 Å². The number of nitrogens with one attached hydrogen (secondary N) is 1. The molecule has 0 bridgehead atoms. The summed E-state index contributed by atoms with van der Waals surface area (Å²) < 4.78 is 9.15. The van der Waals surface area contributed by atoms with Crippen LogP contribution in [0.4, 0.5) is 0 Å². The number of nitrogens with two attached hydrogens (primary N) is 1. The Balaban J connectivity index is 1.41. The quantitative estimate of drug-likeness (QED) is 0.309. The third kappa shape index (κ3) is 6.15. The van der Waals surface area contributed by atoms with Gasteiger partial charge in [0.1, 0.15) is 5.82 Å². The van der Waals surface area contributed by atoms with E-state index in [0.717, 1.165) is 48.2 Å². The fourth-order valence-electron chi connectivity index (χ4n) is 5.48. The summed E-state index contributed by atoms with van der Waals surface area (Å²) >= 11 is 0. The minimum atomic E-state index is -0.527. The van der Waals surface area contributed by atoms with Gasteiger partial charge in [0.05, 0.1) is 23.6 Å². The number of ether oxygens (including phenoxy) is 1. The number of methoxy groups -OCH3 is 1. The molecule has 1 aliphatic rings. The summed E-state index contributed by atoms with van der Waals surface area (Å²) in [5.74, 6) is 0.163. The molecule has 40 heavy (non-hydrogen) atoms. The van der Waals surface area contributed by atoms with Crippen molar-refractivity contribution < 1.29 is 14.3 Å². The predicted octanol–water partition coefficient (Wildman–Crippen LogP) is 4.44. The zero-order valence-electron chi connectivity index (χ0n) is 23.0. The van der Waals surface area contributed by atoms with E-state index in [9.17, 15) is 9.59 Å². The summed E-state index contributed by atoms with van der Waals surface area (Å²) in [4.78, 5) is 30.3. The van der Waals surface area contributed by atoms with Gasteiger partial charge in [0.15, 0.2) is 0 Å². The first-order valence-corrected chi connectivity index (χ1v) is 13.8. The van der Waals surface area contributed by atoms with E-state index >= 15 is 0 Å². The molecule has 1 aliphatic carbocycles. The summed E-state index contributed by atoms with van der Waals surface area (Å²) in [6.45, 7) is 0. The second-order valence-electron chi connectivity index (χ2n) is 10.4. The van der Waals surface area contributed by atoms with Crippen LogP contribution in [0.25, 0.3) is 28.2 Å². The normalized spacial score (nSPS) is 17.1. The number of carbonyl (C=O) groups is 2. The smallest absolute Gasteiger partial charge is 0.249 e. The minimum Gasteiger partial charge on any atom is -0.381 e. The molecule has 2 amide bonds. The molecule has 9 heteroatoms. The summed E-state index contributed by atoms with van der Waals surface area (Å²) in [7, 11) is 3.60. The van der Waals surface area contributed by atoms with Crippen LogP contribution in [-0.4, -0.2) is 50.4 Å². The summed E-state index contributed by atoms with van der Waals surface area (Å²) in [5, 5.41) is 7.51. The van der Waals surface area contributed by atoms with Crippen LogP contribution in [0.15, 0.2) is 67.1 Å². The van der Waals surface area contributed by atoms with Crippen LogP contribution < -0.4 is 11.1 Å². The molecule has 5 rings (SSSR count). The van der Waals surface area contributed by atoms with Crippen molar-refractivity contribution in [2.75, 3.05) is 7.11 Å². The first-order chi connectivity index (χ1) is 19.4. The number of benzene rings is 2. The Morgan fingerprint density at radius 2 is 1.82 bits per heavy atom. The number of hydrogen-bond donors (Lipinski definition) is 2. The van der Waals surface area contributed by atoms with Crippen LogP contribution in [0.1, 0.15) is 54.6 Å². The number of aryl methyl sites for hydroxylation is 2. The van der Waals surface area contributed by atoms with E-state index in [0.29, 0.717) is 42.3 Å². The Bertz CT molecular complexity index is 1470. The Hall–Kier alpha value is -4.24. The van der Waals surface area contributed by atoms with Crippen molar-refractivity contribution in [1.29, 1.82) is 0 Å². The molecule has 3 N–H and O–H groups in total. The molecule has 1 fully saturated rings. The van der Waals surface area contributed by atoms with Crippen molar-refractivity contribution in [3.63, 3.8) is 0 Å². The van der Waals surface area contributed by atoms with Gasteiger partial charge in [0, 0.05) is 55.8 Å². The van der Waals surface area contributed by atoms with Gasteiger partial charge in [-0.25, -0.2) is 4.98 Å². The Labute approximate surface area is 234 Å². The van der Waals surface area contributed by atoms with Crippen LogP contribution in [0.3, 0.4) is 0 Å². The zero-order valence-corrected chi connectivity index (χ0v) is 23.0. The van der Waals surface area contributed by atoms with E-state index in [2.05, 4.69) is 10.4 Å². The van der Waals surface area contributed by atoms with Crippen LogP contribution in [0, 0.1) is 0 Å². The maximum Gasteiger partial charge on any atom is 0.249 e. The first kappa shape index (κ1) is 27.3. The number of nitrogens with zero attached hydrogens (tertiary/aromatic N) is 4. The summed E-state index contributed by atoms with van der Waals surface area (Å²) in [5.41, 5.74) is 10.3. The first-order valence-electron chi connectivity index (χ1n) is 13.8. The maximum absolute atomic E-state index is 12.7. The van der Waals surface area contributed by atoms with Gasteiger partial charge in [-0.05, 0) is 62.3 Å². The molecule has 0 saturated heterocycles. The van der Waals surface area contributed by atoms with E-state index in [-0.39, 0.29) is 11.9 Å². The molecule has 0 atom stereocenters.